The van der Waals surface area contributed by atoms with E-state index in [0.29, 0.717) is 12.5 Å². The highest BCUT2D eigenvalue weighted by molar-refractivity contribution is 6.06. The highest BCUT2D eigenvalue weighted by Gasteiger charge is 2.11. The van der Waals surface area contributed by atoms with Gasteiger partial charge >= 0.3 is 0 Å². The van der Waals surface area contributed by atoms with Crippen LogP contribution in [0.2, 0.25) is 0 Å². The van der Waals surface area contributed by atoms with E-state index in [1.54, 1.807) is 6.07 Å². The topological polar surface area (TPSA) is 108 Å². The summed E-state index contributed by atoms with van der Waals surface area (Å²) in [5, 5.41) is 25.1. The summed E-state index contributed by atoms with van der Waals surface area (Å²) in [5.41, 5.74) is 0.0492. The molecule has 0 heterocycles. The maximum absolute atomic E-state index is 11.9. The number of rotatable bonds is 7. The third-order valence-electron chi connectivity index (χ3n) is 2.79. The SMILES string of the molecule is CC(C)CCN/C=C(/C#N)C(=O)Nc1cccc([N+](=O)[O-])c1. The van der Waals surface area contributed by atoms with E-state index in [-0.39, 0.29) is 16.9 Å². The van der Waals surface area contributed by atoms with E-state index < -0.39 is 10.8 Å². The molecule has 0 aliphatic rings. The van der Waals surface area contributed by atoms with Crippen LogP contribution in [0.1, 0.15) is 20.3 Å². The number of anilines is 1. The van der Waals surface area contributed by atoms with Crippen molar-refractivity contribution in [2.75, 3.05) is 11.9 Å². The molecule has 0 saturated heterocycles. The van der Waals surface area contributed by atoms with Crippen LogP contribution in [0.25, 0.3) is 0 Å². The van der Waals surface area contributed by atoms with Crippen molar-refractivity contribution in [3.8, 4) is 6.07 Å². The fourth-order valence-corrected chi connectivity index (χ4v) is 1.59. The van der Waals surface area contributed by atoms with E-state index in [9.17, 15) is 14.9 Å². The third kappa shape index (κ3) is 5.63. The summed E-state index contributed by atoms with van der Waals surface area (Å²) in [6.45, 7) is 4.81. The highest BCUT2D eigenvalue weighted by atomic mass is 16.6. The number of hydrogen-bond donors (Lipinski definition) is 2. The Balaban J connectivity index is 2.69. The van der Waals surface area contributed by atoms with Gasteiger partial charge in [-0.2, -0.15) is 5.26 Å². The molecule has 0 aromatic heterocycles. The Hall–Kier alpha value is -2.88. The number of carbonyl (C=O) groups is 1. The number of nitriles is 1. The van der Waals surface area contributed by atoms with Gasteiger partial charge in [-0.3, -0.25) is 14.9 Å². The largest absolute Gasteiger partial charge is 0.390 e. The minimum Gasteiger partial charge on any atom is -0.390 e. The van der Waals surface area contributed by atoms with Gasteiger partial charge in [-0.25, -0.2) is 0 Å². The Morgan fingerprint density at radius 2 is 2.23 bits per heavy atom. The molecule has 1 amide bonds. The van der Waals surface area contributed by atoms with Gasteiger partial charge in [-0.1, -0.05) is 19.9 Å². The lowest BCUT2D eigenvalue weighted by Crippen LogP contribution is -2.17. The molecule has 0 bridgehead atoms. The lowest BCUT2D eigenvalue weighted by atomic mass is 10.1. The van der Waals surface area contributed by atoms with Crippen LogP contribution in [0.3, 0.4) is 0 Å². The Kier molecular flexibility index (Phi) is 6.57. The van der Waals surface area contributed by atoms with Crippen LogP contribution < -0.4 is 10.6 Å². The van der Waals surface area contributed by atoms with Crippen molar-refractivity contribution in [3.05, 3.63) is 46.2 Å². The number of hydrogen-bond acceptors (Lipinski definition) is 5. The van der Waals surface area contributed by atoms with Crippen LogP contribution in [0.15, 0.2) is 36.0 Å². The number of nitro benzene ring substituents is 1. The fraction of sp³-hybridized carbons (Fsp3) is 0.333. The van der Waals surface area contributed by atoms with Gasteiger partial charge < -0.3 is 10.6 Å². The third-order valence-corrected chi connectivity index (χ3v) is 2.79. The summed E-state index contributed by atoms with van der Waals surface area (Å²) in [4.78, 5) is 22.1. The number of non-ortho nitro benzene ring substituents is 1. The normalized spacial score (nSPS) is 10.9. The first-order valence-electron chi connectivity index (χ1n) is 6.83. The molecular weight excluding hydrogens is 284 g/mol. The molecule has 0 saturated carbocycles. The zero-order valence-corrected chi connectivity index (χ0v) is 12.5. The van der Waals surface area contributed by atoms with Crippen LogP contribution >= 0.6 is 0 Å². The van der Waals surface area contributed by atoms with Gasteiger partial charge in [-0.05, 0) is 18.4 Å². The standard InChI is InChI=1S/C15H18N4O3/c1-11(2)6-7-17-10-12(9-16)15(20)18-13-4-3-5-14(8-13)19(21)22/h3-5,8,10-11,17H,6-7H2,1-2H3,(H,18,20)/b12-10-. The Morgan fingerprint density at radius 1 is 1.50 bits per heavy atom. The average molecular weight is 302 g/mol. The van der Waals surface area contributed by atoms with E-state index >= 15 is 0 Å². The summed E-state index contributed by atoms with van der Waals surface area (Å²) in [7, 11) is 0. The van der Waals surface area contributed by atoms with Gasteiger partial charge in [0.05, 0.1) is 4.92 Å². The lowest BCUT2D eigenvalue weighted by Gasteiger charge is -2.06. The minimum absolute atomic E-state index is 0.0877. The molecule has 1 rings (SSSR count). The maximum Gasteiger partial charge on any atom is 0.271 e. The van der Waals surface area contributed by atoms with Crippen LogP contribution in [0.5, 0.6) is 0 Å². The van der Waals surface area contributed by atoms with Crippen LogP contribution in [-0.4, -0.2) is 17.4 Å². The second-order valence-corrected chi connectivity index (χ2v) is 5.07. The van der Waals surface area contributed by atoms with E-state index in [2.05, 4.69) is 24.5 Å². The summed E-state index contributed by atoms with van der Waals surface area (Å²) >= 11 is 0. The van der Waals surface area contributed by atoms with Crippen molar-refractivity contribution in [1.82, 2.24) is 5.32 Å². The second-order valence-electron chi connectivity index (χ2n) is 5.07. The van der Waals surface area contributed by atoms with Gasteiger partial charge in [0, 0.05) is 30.6 Å². The molecule has 7 heteroatoms. The number of amides is 1. The molecular formula is C15H18N4O3. The molecule has 7 nitrogen and oxygen atoms in total. The van der Waals surface area contributed by atoms with E-state index in [1.807, 2.05) is 0 Å². The number of benzene rings is 1. The summed E-state index contributed by atoms with van der Waals surface area (Å²) in [6, 6.07) is 7.34. The predicted molar refractivity (Wildman–Crippen MR) is 82.9 cm³/mol. The van der Waals surface area contributed by atoms with E-state index in [4.69, 9.17) is 5.26 Å². The molecule has 0 aliphatic heterocycles. The van der Waals surface area contributed by atoms with Crippen molar-refractivity contribution in [2.45, 2.75) is 20.3 Å². The number of nitrogens with one attached hydrogen (secondary N) is 2. The van der Waals surface area contributed by atoms with Gasteiger partial charge in [0.15, 0.2) is 0 Å². The van der Waals surface area contributed by atoms with Crippen molar-refractivity contribution in [1.29, 1.82) is 5.26 Å². The summed E-state index contributed by atoms with van der Waals surface area (Å²) in [5.74, 6) is -0.0924. The first kappa shape index (κ1) is 17.2. The zero-order chi connectivity index (χ0) is 16.5. The molecule has 0 aliphatic carbocycles. The van der Waals surface area contributed by atoms with Crippen LogP contribution in [0, 0.1) is 27.4 Å². The lowest BCUT2D eigenvalue weighted by molar-refractivity contribution is -0.384. The average Bonchev–Trinajstić information content (AvgIpc) is 2.47. The molecule has 116 valence electrons. The number of nitro groups is 1. The quantitative estimate of drug-likeness (QED) is 0.264. The molecule has 0 fully saturated rings. The van der Waals surface area contributed by atoms with Crippen molar-refractivity contribution < 1.29 is 9.72 Å². The van der Waals surface area contributed by atoms with Gasteiger partial charge in [0.25, 0.3) is 11.6 Å². The Labute approximate surface area is 128 Å². The summed E-state index contributed by atoms with van der Waals surface area (Å²) < 4.78 is 0. The number of carbonyl (C=O) groups excluding carboxylic acids is 1. The Bertz CT molecular complexity index is 617. The molecule has 22 heavy (non-hydrogen) atoms. The van der Waals surface area contributed by atoms with Crippen molar-refractivity contribution in [3.63, 3.8) is 0 Å². The Morgan fingerprint density at radius 3 is 2.82 bits per heavy atom. The second kappa shape index (κ2) is 8.42. The molecule has 0 radical (unpaired) electrons. The highest BCUT2D eigenvalue weighted by Crippen LogP contribution is 2.17. The minimum atomic E-state index is -0.611. The predicted octanol–water partition coefficient (Wildman–Crippen LogP) is 2.58. The molecule has 1 aromatic carbocycles. The van der Waals surface area contributed by atoms with E-state index in [0.717, 1.165) is 6.42 Å². The van der Waals surface area contributed by atoms with Crippen molar-refractivity contribution >= 4 is 17.3 Å². The number of nitrogens with zero attached hydrogens (tertiary/aromatic N) is 2. The zero-order valence-electron chi connectivity index (χ0n) is 12.5. The molecule has 2 N–H and O–H groups in total. The van der Waals surface area contributed by atoms with E-state index in [1.165, 1.54) is 30.5 Å². The maximum atomic E-state index is 11.9. The van der Waals surface area contributed by atoms with Crippen LogP contribution in [-0.2, 0) is 4.79 Å². The van der Waals surface area contributed by atoms with Crippen molar-refractivity contribution in [2.24, 2.45) is 5.92 Å². The van der Waals surface area contributed by atoms with Gasteiger partial charge in [-0.15, -0.1) is 0 Å². The first-order valence-corrected chi connectivity index (χ1v) is 6.83. The fourth-order valence-electron chi connectivity index (χ4n) is 1.59. The molecule has 1 aromatic rings. The molecule has 0 unspecified atom stereocenters. The van der Waals surface area contributed by atoms with Gasteiger partial charge in [0.1, 0.15) is 11.6 Å². The monoisotopic (exact) mass is 302 g/mol. The smallest absolute Gasteiger partial charge is 0.271 e. The van der Waals surface area contributed by atoms with Crippen LogP contribution in [0.4, 0.5) is 11.4 Å². The first-order chi connectivity index (χ1) is 10.4. The summed E-state index contributed by atoms with van der Waals surface area (Å²) in [6.07, 6.45) is 2.27. The molecule has 0 spiro atoms. The molecule has 0 atom stereocenters. The van der Waals surface area contributed by atoms with Gasteiger partial charge in [0.2, 0.25) is 0 Å².